The van der Waals surface area contributed by atoms with Crippen LogP contribution in [-0.4, -0.2) is 11.5 Å². The van der Waals surface area contributed by atoms with E-state index in [0.29, 0.717) is 0 Å². The maximum absolute atomic E-state index is 3.19. The molecular weight excluding hydrogens is 80.1 g/mol. The van der Waals surface area contributed by atoms with Crippen molar-refractivity contribution in [3.8, 4) is 0 Å². The quantitative estimate of drug-likeness (QED) is 0.427. The third kappa shape index (κ3) is 0.839. The molecule has 2 radical (unpaired) electrons. The molecule has 0 bridgehead atoms. The number of rotatable bonds is 0. The molecule has 5 heavy (non-hydrogen) atoms. The normalized spacial score (nSPS) is 24.0. The molecule has 0 aromatic rings. The summed E-state index contributed by atoms with van der Waals surface area (Å²) in [6.07, 6.45) is 4.40. The van der Waals surface area contributed by atoms with Gasteiger partial charge in [-0.25, -0.2) is 0 Å². The van der Waals surface area contributed by atoms with E-state index >= 15 is 0 Å². The first-order valence-corrected chi connectivity index (χ1v) is 2.94. The lowest BCUT2D eigenvalue weighted by Crippen LogP contribution is -1.60. The molecule has 0 amide bonds. The lowest BCUT2D eigenvalue weighted by Gasteiger charge is -1.69. The molecule has 1 saturated heterocycles. The Balaban J connectivity index is 2.08. The van der Waals surface area contributed by atoms with Gasteiger partial charge in [0.05, 0.1) is 0 Å². The van der Waals surface area contributed by atoms with Gasteiger partial charge in [0, 0.05) is 5.75 Å². The zero-order valence-corrected chi connectivity index (χ0v) is 3.85. The second-order valence-electron chi connectivity index (χ2n) is 1.05. The van der Waals surface area contributed by atoms with Crippen LogP contribution in [0.1, 0.15) is 6.42 Å². The largest absolute Gasteiger partial charge is 0.161 e. The van der Waals surface area contributed by atoms with E-state index in [1.54, 1.807) is 0 Å². The maximum Gasteiger partial charge on any atom is 0.000119 e. The summed E-state index contributed by atoms with van der Waals surface area (Å²) >= 11 is 1.96. The molecule has 0 N–H and O–H groups in total. The molecule has 1 rings (SSSR count). The van der Waals surface area contributed by atoms with Gasteiger partial charge in [-0.1, -0.05) is 0 Å². The molecule has 0 aliphatic carbocycles. The van der Waals surface area contributed by atoms with Gasteiger partial charge in [0.15, 0.2) is 0 Å². The molecule has 0 saturated carbocycles. The highest BCUT2D eigenvalue weighted by atomic mass is 32.2. The summed E-state index contributed by atoms with van der Waals surface area (Å²) in [5.74, 6) is 2.47. The average Bonchev–Trinajstić information content (AvgIpc) is 1.76. The van der Waals surface area contributed by atoms with E-state index in [1.165, 1.54) is 17.9 Å². The van der Waals surface area contributed by atoms with Crippen LogP contribution in [0.3, 0.4) is 0 Å². The van der Waals surface area contributed by atoms with Gasteiger partial charge in [0.25, 0.3) is 0 Å². The SMILES string of the molecule is [C]1CCSC1. The maximum atomic E-state index is 3.19. The first kappa shape index (κ1) is 3.54. The molecule has 28 valence electrons. The van der Waals surface area contributed by atoms with Crippen molar-refractivity contribution >= 4 is 11.8 Å². The first-order valence-electron chi connectivity index (χ1n) is 1.78. The molecule has 0 atom stereocenters. The Morgan fingerprint density at radius 3 is 2.80 bits per heavy atom. The Morgan fingerprint density at radius 1 is 1.60 bits per heavy atom. The van der Waals surface area contributed by atoms with Crippen LogP contribution in [0.5, 0.6) is 0 Å². The van der Waals surface area contributed by atoms with Crippen LogP contribution in [-0.2, 0) is 0 Å². The highest BCUT2D eigenvalue weighted by molar-refractivity contribution is 7.99. The van der Waals surface area contributed by atoms with Crippen LogP contribution in [0.25, 0.3) is 0 Å². The molecule has 1 fully saturated rings. The van der Waals surface area contributed by atoms with Crippen LogP contribution in [0.2, 0.25) is 0 Å². The van der Waals surface area contributed by atoms with E-state index in [9.17, 15) is 0 Å². The molecule has 0 unspecified atom stereocenters. The fourth-order valence-corrected chi connectivity index (χ4v) is 1.08. The van der Waals surface area contributed by atoms with Crippen molar-refractivity contribution in [2.24, 2.45) is 0 Å². The average molecular weight is 86.2 g/mol. The highest BCUT2D eigenvalue weighted by Crippen LogP contribution is 2.13. The number of thioether (sulfide) groups is 1. The lowest BCUT2D eigenvalue weighted by molar-refractivity contribution is 1.17. The van der Waals surface area contributed by atoms with Crippen molar-refractivity contribution in [2.45, 2.75) is 6.42 Å². The zero-order chi connectivity index (χ0) is 3.54. The van der Waals surface area contributed by atoms with Crippen molar-refractivity contribution < 1.29 is 0 Å². The van der Waals surface area contributed by atoms with Gasteiger partial charge in [-0.3, -0.25) is 0 Å². The molecule has 0 aromatic carbocycles. The highest BCUT2D eigenvalue weighted by Gasteiger charge is 1.96. The zero-order valence-electron chi connectivity index (χ0n) is 3.03. The van der Waals surface area contributed by atoms with Crippen molar-refractivity contribution in [1.29, 1.82) is 0 Å². The van der Waals surface area contributed by atoms with Gasteiger partial charge < -0.3 is 0 Å². The second-order valence-corrected chi connectivity index (χ2v) is 2.16. The van der Waals surface area contributed by atoms with Gasteiger partial charge >= 0.3 is 0 Å². The first-order chi connectivity index (χ1) is 2.50. The summed E-state index contributed by atoms with van der Waals surface area (Å²) in [5, 5.41) is 0. The predicted molar refractivity (Wildman–Crippen MR) is 25.2 cm³/mol. The minimum absolute atomic E-state index is 1.17. The molecular formula is C4H6S. The van der Waals surface area contributed by atoms with E-state index < -0.39 is 0 Å². The third-order valence-corrected chi connectivity index (χ3v) is 1.53. The summed E-state index contributed by atoms with van der Waals surface area (Å²) in [6, 6.07) is 0. The van der Waals surface area contributed by atoms with E-state index in [-0.39, 0.29) is 0 Å². The summed E-state index contributed by atoms with van der Waals surface area (Å²) in [6.45, 7) is 0. The van der Waals surface area contributed by atoms with Gasteiger partial charge in [-0.15, -0.1) is 0 Å². The van der Waals surface area contributed by atoms with Crippen LogP contribution >= 0.6 is 11.8 Å². The summed E-state index contributed by atoms with van der Waals surface area (Å²) in [5.41, 5.74) is 0. The van der Waals surface area contributed by atoms with Crippen LogP contribution < -0.4 is 0 Å². The van der Waals surface area contributed by atoms with Crippen molar-refractivity contribution in [3.63, 3.8) is 0 Å². The third-order valence-electron chi connectivity index (χ3n) is 0.627. The van der Waals surface area contributed by atoms with Crippen molar-refractivity contribution in [2.75, 3.05) is 11.5 Å². The number of hydrogen-bond acceptors (Lipinski definition) is 1. The van der Waals surface area contributed by atoms with E-state index in [2.05, 4.69) is 6.42 Å². The molecule has 0 aromatic heterocycles. The summed E-state index contributed by atoms with van der Waals surface area (Å²) in [7, 11) is 0. The topological polar surface area (TPSA) is 0 Å². The van der Waals surface area contributed by atoms with Crippen molar-refractivity contribution in [3.05, 3.63) is 6.42 Å². The molecule has 1 heteroatoms. The molecule has 0 nitrogen and oxygen atoms in total. The van der Waals surface area contributed by atoms with E-state index in [0.717, 1.165) is 0 Å². The Kier molecular flexibility index (Phi) is 1.21. The van der Waals surface area contributed by atoms with Crippen LogP contribution in [0.15, 0.2) is 0 Å². The van der Waals surface area contributed by atoms with Gasteiger partial charge in [-0.05, 0) is 18.6 Å². The smallest absolute Gasteiger partial charge is 0.000119 e. The minimum Gasteiger partial charge on any atom is -0.161 e. The fraction of sp³-hybridized carbons (Fsp3) is 0.750. The molecule has 0 spiro atoms. The summed E-state index contributed by atoms with van der Waals surface area (Å²) in [4.78, 5) is 0. The second kappa shape index (κ2) is 1.71. The van der Waals surface area contributed by atoms with E-state index in [1.807, 2.05) is 11.8 Å². The lowest BCUT2D eigenvalue weighted by atomic mass is 10.4. The van der Waals surface area contributed by atoms with Crippen molar-refractivity contribution in [1.82, 2.24) is 0 Å². The Bertz CT molecular complexity index is 15.2. The fourth-order valence-electron chi connectivity index (χ4n) is 0.361. The van der Waals surface area contributed by atoms with Crippen LogP contribution in [0.4, 0.5) is 0 Å². The standard InChI is InChI=1S/C4H6S/c1-2-4-5-3-1/h1,3-4H2. The predicted octanol–water partition coefficient (Wildman–Crippen LogP) is 1.20. The summed E-state index contributed by atoms with van der Waals surface area (Å²) < 4.78 is 0. The van der Waals surface area contributed by atoms with Gasteiger partial charge in [0.2, 0.25) is 0 Å². The monoisotopic (exact) mass is 86.0 g/mol. The Hall–Kier alpha value is 0.350. The number of hydrogen-bond donors (Lipinski definition) is 0. The molecule has 1 aliphatic heterocycles. The van der Waals surface area contributed by atoms with Crippen LogP contribution in [0, 0.1) is 6.42 Å². The minimum atomic E-state index is 1.17. The Morgan fingerprint density at radius 2 is 2.60 bits per heavy atom. The van der Waals surface area contributed by atoms with Gasteiger partial charge in [0.1, 0.15) is 0 Å². The van der Waals surface area contributed by atoms with Gasteiger partial charge in [-0.2, -0.15) is 11.8 Å². The Labute approximate surface area is 37.0 Å². The molecule has 1 aliphatic rings. The molecule has 1 heterocycles. The van der Waals surface area contributed by atoms with E-state index in [4.69, 9.17) is 0 Å².